The van der Waals surface area contributed by atoms with E-state index in [1.54, 1.807) is 12.1 Å². The van der Waals surface area contributed by atoms with Gasteiger partial charge in [-0.05, 0) is 35.7 Å². The minimum Gasteiger partial charge on any atom is -0.350 e. The molecule has 0 aliphatic rings. The summed E-state index contributed by atoms with van der Waals surface area (Å²) in [5.74, 6) is -0.846. The minimum atomic E-state index is -0.792. The number of nitrogens with one attached hydrogen (secondary N) is 1. The molecule has 0 spiro atoms. The van der Waals surface area contributed by atoms with Gasteiger partial charge in [0.05, 0.1) is 0 Å². The molecule has 0 unspecified atom stereocenters. The number of halogens is 1. The van der Waals surface area contributed by atoms with E-state index in [0.717, 1.165) is 22.3 Å². The Morgan fingerprint density at radius 3 is 2.10 bits per heavy atom. The Labute approximate surface area is 176 Å². The van der Waals surface area contributed by atoms with Crippen LogP contribution in [0.5, 0.6) is 0 Å². The van der Waals surface area contributed by atoms with Crippen molar-refractivity contribution in [3.63, 3.8) is 0 Å². The lowest BCUT2D eigenvalue weighted by atomic mass is 10.0. The fraction of sp³-hybridized carbons (Fsp3) is 0.200. The minimum absolute atomic E-state index is 0.202. The molecule has 0 aromatic heterocycles. The summed E-state index contributed by atoms with van der Waals surface area (Å²) in [6.07, 6.45) is 0. The maximum absolute atomic E-state index is 13.3. The largest absolute Gasteiger partial charge is 0.350 e. The number of hydrogen-bond donors (Lipinski definition) is 1. The third-order valence-corrected chi connectivity index (χ3v) is 4.93. The lowest BCUT2D eigenvalue weighted by Crippen LogP contribution is -2.42. The second kappa shape index (κ2) is 9.83. The van der Waals surface area contributed by atoms with Crippen molar-refractivity contribution in [3.8, 4) is 0 Å². The van der Waals surface area contributed by atoms with Gasteiger partial charge in [-0.2, -0.15) is 0 Å². The number of aryl methyl sites for hydroxylation is 1. The van der Waals surface area contributed by atoms with Gasteiger partial charge in [0.1, 0.15) is 11.9 Å². The molecule has 3 aromatic rings. The summed E-state index contributed by atoms with van der Waals surface area (Å²) in [4.78, 5) is 27.2. The smallest absolute Gasteiger partial charge is 0.247 e. The van der Waals surface area contributed by atoms with Crippen LogP contribution >= 0.6 is 0 Å². The van der Waals surface area contributed by atoms with Crippen molar-refractivity contribution in [2.45, 2.75) is 33.0 Å². The highest BCUT2D eigenvalue weighted by molar-refractivity contribution is 5.88. The molecule has 0 bridgehead atoms. The zero-order valence-corrected chi connectivity index (χ0v) is 17.1. The number of carbonyl (C=O) groups excluding carboxylic acids is 2. The molecule has 0 aliphatic carbocycles. The number of nitrogens with zero attached hydrogens (tertiary/aromatic N) is 1. The van der Waals surface area contributed by atoms with Gasteiger partial charge in [0.15, 0.2) is 0 Å². The van der Waals surface area contributed by atoms with Crippen LogP contribution in [0.15, 0.2) is 78.9 Å². The van der Waals surface area contributed by atoms with E-state index in [-0.39, 0.29) is 24.2 Å². The van der Waals surface area contributed by atoms with Gasteiger partial charge in [-0.25, -0.2) is 4.39 Å². The molecule has 2 amide bonds. The number of carbonyl (C=O) groups is 2. The summed E-state index contributed by atoms with van der Waals surface area (Å²) in [5.41, 5.74) is 3.60. The maximum atomic E-state index is 13.3. The molecular weight excluding hydrogens is 379 g/mol. The van der Waals surface area contributed by atoms with E-state index in [0.29, 0.717) is 6.54 Å². The third kappa shape index (κ3) is 5.54. The summed E-state index contributed by atoms with van der Waals surface area (Å²) in [5, 5.41) is 2.95. The normalized spacial score (nSPS) is 11.6. The fourth-order valence-electron chi connectivity index (χ4n) is 3.27. The van der Waals surface area contributed by atoms with Crippen molar-refractivity contribution in [2.24, 2.45) is 0 Å². The average Bonchev–Trinajstić information content (AvgIpc) is 2.75. The predicted molar refractivity (Wildman–Crippen MR) is 115 cm³/mol. The summed E-state index contributed by atoms with van der Waals surface area (Å²) >= 11 is 0. The highest BCUT2D eigenvalue weighted by atomic mass is 19.1. The van der Waals surface area contributed by atoms with Crippen molar-refractivity contribution in [1.82, 2.24) is 10.2 Å². The zero-order chi connectivity index (χ0) is 21.5. The van der Waals surface area contributed by atoms with Gasteiger partial charge in [0.25, 0.3) is 0 Å². The highest BCUT2D eigenvalue weighted by Crippen LogP contribution is 2.24. The summed E-state index contributed by atoms with van der Waals surface area (Å²) in [6, 6.07) is 22.3. The van der Waals surface area contributed by atoms with Crippen molar-refractivity contribution < 1.29 is 14.0 Å². The maximum Gasteiger partial charge on any atom is 0.247 e. The molecule has 3 aromatic carbocycles. The van der Waals surface area contributed by atoms with E-state index in [9.17, 15) is 14.0 Å². The fourth-order valence-corrected chi connectivity index (χ4v) is 3.27. The predicted octanol–water partition coefficient (Wildman–Crippen LogP) is 4.54. The average molecular weight is 404 g/mol. The summed E-state index contributed by atoms with van der Waals surface area (Å²) in [6.45, 7) is 4.01. The van der Waals surface area contributed by atoms with E-state index in [1.165, 1.54) is 24.0 Å². The number of hydrogen-bond acceptors (Lipinski definition) is 2. The Balaban J connectivity index is 1.85. The molecular formula is C25H25FN2O2. The lowest BCUT2D eigenvalue weighted by molar-refractivity contribution is -0.140. The first-order chi connectivity index (χ1) is 14.4. The molecule has 3 rings (SSSR count). The van der Waals surface area contributed by atoms with Crippen LogP contribution in [0.2, 0.25) is 0 Å². The van der Waals surface area contributed by atoms with Crippen LogP contribution in [0.4, 0.5) is 4.39 Å². The van der Waals surface area contributed by atoms with Crippen LogP contribution in [0.1, 0.15) is 35.2 Å². The molecule has 4 nitrogen and oxygen atoms in total. The Morgan fingerprint density at radius 1 is 0.900 bits per heavy atom. The molecule has 0 fully saturated rings. The Hall–Kier alpha value is -3.47. The Kier molecular flexibility index (Phi) is 6.96. The topological polar surface area (TPSA) is 49.4 Å². The van der Waals surface area contributed by atoms with Crippen molar-refractivity contribution in [3.05, 3.63) is 107 Å². The van der Waals surface area contributed by atoms with E-state index in [1.807, 2.05) is 61.5 Å². The van der Waals surface area contributed by atoms with E-state index in [4.69, 9.17) is 0 Å². The monoisotopic (exact) mass is 404 g/mol. The van der Waals surface area contributed by atoms with Gasteiger partial charge in [-0.3, -0.25) is 9.59 Å². The SMILES string of the molecule is CC(=O)N(Cc1ccc(F)cc1)[C@@H](C(=O)NCc1ccc(C)cc1)c1ccccc1. The summed E-state index contributed by atoms with van der Waals surface area (Å²) in [7, 11) is 0. The van der Waals surface area contributed by atoms with Crippen LogP contribution in [0.3, 0.4) is 0 Å². The van der Waals surface area contributed by atoms with E-state index in [2.05, 4.69) is 5.32 Å². The first kappa shape index (κ1) is 21.2. The van der Waals surface area contributed by atoms with Gasteiger partial charge < -0.3 is 10.2 Å². The molecule has 1 N–H and O–H groups in total. The number of benzene rings is 3. The van der Waals surface area contributed by atoms with Gasteiger partial charge >= 0.3 is 0 Å². The van der Waals surface area contributed by atoms with Crippen LogP contribution in [0.25, 0.3) is 0 Å². The first-order valence-corrected chi connectivity index (χ1v) is 9.84. The Morgan fingerprint density at radius 2 is 1.50 bits per heavy atom. The van der Waals surface area contributed by atoms with E-state index >= 15 is 0 Å². The second-order valence-electron chi connectivity index (χ2n) is 7.29. The zero-order valence-electron chi connectivity index (χ0n) is 17.1. The van der Waals surface area contributed by atoms with Crippen LogP contribution in [-0.2, 0) is 22.7 Å². The standard InChI is InChI=1S/C25H25FN2O2/c1-18-8-10-20(11-9-18)16-27-25(30)24(22-6-4-3-5-7-22)28(19(2)29)17-21-12-14-23(26)15-13-21/h3-15,24H,16-17H2,1-2H3,(H,27,30)/t24-/m1/s1. The van der Waals surface area contributed by atoms with Crippen molar-refractivity contribution in [1.29, 1.82) is 0 Å². The van der Waals surface area contributed by atoms with Crippen LogP contribution < -0.4 is 5.32 Å². The molecule has 0 heterocycles. The molecule has 30 heavy (non-hydrogen) atoms. The molecule has 0 saturated heterocycles. The second-order valence-corrected chi connectivity index (χ2v) is 7.29. The molecule has 0 aliphatic heterocycles. The highest BCUT2D eigenvalue weighted by Gasteiger charge is 2.29. The molecule has 0 radical (unpaired) electrons. The van der Waals surface area contributed by atoms with E-state index < -0.39 is 6.04 Å². The van der Waals surface area contributed by atoms with Crippen molar-refractivity contribution in [2.75, 3.05) is 0 Å². The van der Waals surface area contributed by atoms with Gasteiger partial charge in [0.2, 0.25) is 11.8 Å². The first-order valence-electron chi connectivity index (χ1n) is 9.84. The molecule has 154 valence electrons. The quantitative estimate of drug-likeness (QED) is 0.629. The van der Waals surface area contributed by atoms with Crippen LogP contribution in [0, 0.1) is 12.7 Å². The Bertz CT molecular complexity index is 986. The molecule has 1 atom stereocenters. The van der Waals surface area contributed by atoms with Gasteiger partial charge in [0, 0.05) is 20.0 Å². The van der Waals surface area contributed by atoms with Gasteiger partial charge in [-0.1, -0.05) is 72.3 Å². The van der Waals surface area contributed by atoms with Crippen LogP contribution in [-0.4, -0.2) is 16.7 Å². The molecule has 5 heteroatoms. The summed E-state index contributed by atoms with van der Waals surface area (Å²) < 4.78 is 13.3. The van der Waals surface area contributed by atoms with Crippen molar-refractivity contribution >= 4 is 11.8 Å². The lowest BCUT2D eigenvalue weighted by Gasteiger charge is -2.30. The number of rotatable bonds is 7. The van der Waals surface area contributed by atoms with Gasteiger partial charge in [-0.15, -0.1) is 0 Å². The number of amides is 2. The molecule has 0 saturated carbocycles. The third-order valence-electron chi connectivity index (χ3n) is 4.93.